The van der Waals surface area contributed by atoms with Gasteiger partial charge in [0.2, 0.25) is 15.6 Å². The van der Waals surface area contributed by atoms with E-state index in [-0.39, 0.29) is 31.0 Å². The Morgan fingerprint density at radius 3 is 1.32 bits per heavy atom. The van der Waals surface area contributed by atoms with E-state index in [1.807, 2.05) is 5.32 Å². The third kappa shape index (κ3) is 38.7. The summed E-state index contributed by atoms with van der Waals surface area (Å²) < 4.78 is 14.3. The van der Waals surface area contributed by atoms with E-state index < -0.39 is 83.7 Å². The molecule has 15 nitrogen and oxygen atoms in total. The first-order valence-electron chi connectivity index (χ1n) is 24.6. The predicted octanol–water partition coefficient (Wildman–Crippen LogP) is 9.64. The van der Waals surface area contributed by atoms with Gasteiger partial charge in [-0.25, -0.2) is 9.59 Å². The zero-order chi connectivity index (χ0) is 49.3. The van der Waals surface area contributed by atoms with Crippen LogP contribution in [0.2, 0.25) is 0 Å². The highest BCUT2D eigenvalue weighted by Gasteiger charge is 2.31. The van der Waals surface area contributed by atoms with Crippen LogP contribution in [0, 0.1) is 0 Å². The van der Waals surface area contributed by atoms with E-state index in [1.54, 1.807) is 0 Å². The van der Waals surface area contributed by atoms with Crippen LogP contribution in [-0.4, -0.2) is 117 Å². The molecule has 6 N–H and O–H groups in total. The number of carboxylic acid groups (broad SMARTS) is 1. The van der Waals surface area contributed by atoms with Crippen LogP contribution < -0.4 is 16.0 Å². The monoisotopic (exact) mass is 1020 g/mol. The number of nitrogens with one attached hydrogen (secondary N) is 3. The molecule has 0 aromatic rings. The molecule has 0 unspecified atom stereocenters. The van der Waals surface area contributed by atoms with E-state index in [0.29, 0.717) is 12.8 Å². The van der Waals surface area contributed by atoms with Gasteiger partial charge in [-0.1, -0.05) is 203 Å². The maximum Gasteiger partial charge on any atom is 0.407 e. The summed E-state index contributed by atoms with van der Waals surface area (Å²) in [6.07, 6.45) is 28.7. The summed E-state index contributed by atoms with van der Waals surface area (Å²) in [7, 11) is 0. The number of aliphatic hydroxyl groups excluding tert-OH is 2. The van der Waals surface area contributed by atoms with Crippen molar-refractivity contribution in [3.63, 3.8) is 0 Å². The Morgan fingerprint density at radius 1 is 0.515 bits per heavy atom. The number of rotatable bonds is 44. The lowest BCUT2D eigenvalue weighted by atomic mass is 10.0. The maximum atomic E-state index is 13.4. The van der Waals surface area contributed by atoms with Gasteiger partial charge in [0.05, 0.1) is 13.2 Å². The summed E-state index contributed by atoms with van der Waals surface area (Å²) in [4.78, 5) is 75.8. The summed E-state index contributed by atoms with van der Waals surface area (Å²) in [5.74, 6) is -4.71. The SMILES string of the molecule is CCCCCCCCCCCCCCCC(=O)OC[C@H](CSC[C@H](NC(=O)OCC(Cl)(Cl)Cl)C(=O)N[C@@H](CO)C(=O)N[C@@H](CO)C(=O)O)OC(=O)CCCCCCCCCCCCCCC. The minimum absolute atomic E-state index is 0.0335. The number of alkyl carbamates (subject to hydrolysis) is 1. The highest BCUT2D eigenvalue weighted by atomic mass is 35.6. The minimum atomic E-state index is -1.97. The molecule has 0 aromatic heterocycles. The topological polar surface area (TPSA) is 227 Å². The first kappa shape index (κ1) is 63.8. The minimum Gasteiger partial charge on any atom is -0.480 e. The number of aliphatic hydroxyl groups is 2. The van der Waals surface area contributed by atoms with E-state index in [1.165, 1.54) is 116 Å². The molecule has 386 valence electrons. The summed E-state index contributed by atoms with van der Waals surface area (Å²) >= 11 is 18.1. The quantitative estimate of drug-likeness (QED) is 0.0145. The van der Waals surface area contributed by atoms with Crippen LogP contribution in [-0.2, 0) is 38.2 Å². The number of esters is 2. The van der Waals surface area contributed by atoms with Crippen LogP contribution in [0.25, 0.3) is 0 Å². The fourth-order valence-electron chi connectivity index (χ4n) is 6.95. The van der Waals surface area contributed by atoms with Gasteiger partial charge >= 0.3 is 24.0 Å². The zero-order valence-electron chi connectivity index (χ0n) is 39.9. The maximum absolute atomic E-state index is 13.4. The lowest BCUT2D eigenvalue weighted by Gasteiger charge is -2.24. The number of amides is 3. The molecule has 0 aliphatic carbocycles. The number of hydrogen-bond acceptors (Lipinski definition) is 12. The number of alkyl halides is 3. The molecule has 4 atom stereocenters. The summed E-state index contributed by atoms with van der Waals surface area (Å²) in [6, 6.07) is -4.84. The summed E-state index contributed by atoms with van der Waals surface area (Å²) in [6.45, 7) is 1.63. The molecule has 0 saturated carbocycles. The molecule has 3 amide bonds. The fourth-order valence-corrected chi connectivity index (χ4v) is 8.15. The number of aliphatic carboxylic acids is 1. The lowest BCUT2D eigenvalue weighted by molar-refractivity contribution is -0.157. The molecule has 0 aliphatic heterocycles. The van der Waals surface area contributed by atoms with Crippen molar-refractivity contribution in [2.24, 2.45) is 0 Å². The second-order valence-electron chi connectivity index (χ2n) is 17.0. The largest absolute Gasteiger partial charge is 0.480 e. The third-order valence-electron chi connectivity index (χ3n) is 10.9. The van der Waals surface area contributed by atoms with Crippen LogP contribution in [0.15, 0.2) is 0 Å². The van der Waals surface area contributed by atoms with Crippen LogP contribution >= 0.6 is 46.6 Å². The van der Waals surface area contributed by atoms with Gasteiger partial charge in [-0.2, -0.15) is 11.8 Å². The Labute approximate surface area is 414 Å². The third-order valence-corrected chi connectivity index (χ3v) is 12.4. The normalized spacial score (nSPS) is 13.3. The van der Waals surface area contributed by atoms with Gasteiger partial charge < -0.3 is 45.5 Å². The molecule has 0 aliphatic rings. The second-order valence-corrected chi connectivity index (χ2v) is 20.6. The van der Waals surface area contributed by atoms with Crippen molar-refractivity contribution >= 4 is 82.4 Å². The Hall–Kier alpha value is -2.24. The number of unbranched alkanes of at least 4 members (excludes halogenated alkanes) is 24. The van der Waals surface area contributed by atoms with Crippen molar-refractivity contribution in [1.82, 2.24) is 16.0 Å². The number of carbonyl (C=O) groups is 6. The van der Waals surface area contributed by atoms with Gasteiger partial charge in [-0.3, -0.25) is 19.2 Å². The lowest BCUT2D eigenvalue weighted by Crippen LogP contribution is -2.58. The Kier molecular flexibility index (Phi) is 41.4. The zero-order valence-corrected chi connectivity index (χ0v) is 43.0. The van der Waals surface area contributed by atoms with Crippen molar-refractivity contribution in [3.05, 3.63) is 0 Å². The van der Waals surface area contributed by atoms with Crippen molar-refractivity contribution in [1.29, 1.82) is 0 Å². The highest BCUT2D eigenvalue weighted by Crippen LogP contribution is 2.26. The van der Waals surface area contributed by atoms with Gasteiger partial charge in [-0.05, 0) is 12.8 Å². The highest BCUT2D eigenvalue weighted by molar-refractivity contribution is 7.99. The van der Waals surface area contributed by atoms with Gasteiger partial charge in [0, 0.05) is 24.3 Å². The molecule has 19 heteroatoms. The average Bonchev–Trinajstić information content (AvgIpc) is 3.27. The van der Waals surface area contributed by atoms with Crippen molar-refractivity contribution in [2.75, 3.05) is 37.9 Å². The molecule has 0 bridgehead atoms. The first-order valence-corrected chi connectivity index (χ1v) is 26.9. The van der Waals surface area contributed by atoms with E-state index in [2.05, 4.69) is 24.5 Å². The van der Waals surface area contributed by atoms with E-state index in [9.17, 15) is 44.1 Å². The molecule has 66 heavy (non-hydrogen) atoms. The van der Waals surface area contributed by atoms with Crippen LogP contribution in [0.5, 0.6) is 0 Å². The Balaban J connectivity index is 5.37. The number of thioether (sulfide) groups is 1. The van der Waals surface area contributed by atoms with Crippen LogP contribution in [0.3, 0.4) is 0 Å². The van der Waals surface area contributed by atoms with Gasteiger partial charge in [0.1, 0.15) is 37.4 Å². The van der Waals surface area contributed by atoms with Gasteiger partial charge in [-0.15, -0.1) is 0 Å². The summed E-state index contributed by atoms with van der Waals surface area (Å²) in [5.41, 5.74) is 0. The molecule has 0 spiro atoms. The smallest absolute Gasteiger partial charge is 0.407 e. The number of ether oxygens (including phenoxy) is 3. The van der Waals surface area contributed by atoms with E-state index in [4.69, 9.17) is 49.0 Å². The first-order chi connectivity index (χ1) is 31.7. The van der Waals surface area contributed by atoms with Crippen LogP contribution in [0.4, 0.5) is 4.79 Å². The Morgan fingerprint density at radius 2 is 0.909 bits per heavy atom. The number of carboxylic acids is 1. The molecule has 0 radical (unpaired) electrons. The molecule has 0 saturated heterocycles. The average molecular weight is 1020 g/mol. The second kappa shape index (κ2) is 42.8. The molecular weight excluding hydrogens is 937 g/mol. The number of carbonyl (C=O) groups excluding carboxylic acids is 5. The van der Waals surface area contributed by atoms with Crippen molar-refractivity contribution in [3.8, 4) is 0 Å². The van der Waals surface area contributed by atoms with Gasteiger partial charge in [0.15, 0.2) is 0 Å². The molecule has 0 fully saturated rings. The number of halogens is 3. The predicted molar refractivity (Wildman–Crippen MR) is 263 cm³/mol. The molecule has 0 heterocycles. The summed E-state index contributed by atoms with van der Waals surface area (Å²) in [5, 5.41) is 34.9. The van der Waals surface area contributed by atoms with E-state index in [0.717, 1.165) is 50.3 Å². The molecule has 0 rings (SSSR count). The molecular formula is C47H84Cl3N3O12S. The van der Waals surface area contributed by atoms with Gasteiger partial charge in [0.25, 0.3) is 0 Å². The van der Waals surface area contributed by atoms with E-state index >= 15 is 0 Å². The van der Waals surface area contributed by atoms with Crippen molar-refractivity contribution < 1.29 is 58.3 Å². The van der Waals surface area contributed by atoms with Crippen LogP contribution in [0.1, 0.15) is 194 Å². The standard InChI is InChI=1S/C47H84Cl3N3O12S/c1-3-5-7-9-11-13-15-17-19-21-23-25-27-29-41(56)63-33-37(65-42(57)30-28-26-24-22-20-18-16-14-12-10-8-6-4-2)34-66-35-40(53-46(62)64-36-47(48,49)50)44(59)51-38(31-54)43(58)52-39(32-55)45(60)61/h37-40,54-55H,3-36H2,1-2H3,(H,51,59)(H,52,58)(H,53,62)(H,60,61)/t37-,38+,39+,40+/m1/s1. The fraction of sp³-hybridized carbons (Fsp3) is 0.872. The Bertz CT molecular complexity index is 1300. The molecule has 0 aromatic carbocycles. The number of hydrogen-bond donors (Lipinski definition) is 6. The van der Waals surface area contributed by atoms with Crippen molar-refractivity contribution in [2.45, 2.75) is 222 Å².